The van der Waals surface area contributed by atoms with Crippen LogP contribution in [0.1, 0.15) is 23.7 Å². The minimum atomic E-state index is -0.104. The number of amidine groups is 1. The molecule has 0 fully saturated rings. The molecule has 2 aromatic rings. The largest absolute Gasteiger partial charge is 0.504 e. The van der Waals surface area contributed by atoms with E-state index in [1.807, 2.05) is 24.3 Å². The van der Waals surface area contributed by atoms with Gasteiger partial charge in [-0.2, -0.15) is 0 Å². The van der Waals surface area contributed by atoms with Gasteiger partial charge >= 0.3 is 0 Å². The monoisotopic (exact) mass is 295 g/mol. The SMILES string of the molecule is Oc1ccc(C2Nc3ccccc3C3=NCCCN32)cc1O. The number of aliphatic imine (C=N–C) groups is 1. The lowest BCUT2D eigenvalue weighted by molar-refractivity contribution is 0.321. The average molecular weight is 295 g/mol. The minimum Gasteiger partial charge on any atom is -0.504 e. The van der Waals surface area contributed by atoms with E-state index in [-0.39, 0.29) is 17.7 Å². The van der Waals surface area contributed by atoms with Crippen LogP contribution in [0.4, 0.5) is 5.69 Å². The molecule has 1 atom stereocenters. The Morgan fingerprint density at radius 3 is 2.82 bits per heavy atom. The van der Waals surface area contributed by atoms with Gasteiger partial charge in [-0.25, -0.2) is 0 Å². The lowest BCUT2D eigenvalue weighted by atomic mass is 10.0. The number of phenols is 2. The molecule has 0 saturated carbocycles. The number of nitrogens with one attached hydrogen (secondary N) is 1. The van der Waals surface area contributed by atoms with Crippen LogP contribution in [-0.4, -0.2) is 34.0 Å². The quantitative estimate of drug-likeness (QED) is 0.708. The third-order valence-corrected chi connectivity index (χ3v) is 4.18. The second-order valence-corrected chi connectivity index (χ2v) is 5.59. The van der Waals surface area contributed by atoms with Gasteiger partial charge in [-0.05, 0) is 36.2 Å². The molecular weight excluding hydrogens is 278 g/mol. The van der Waals surface area contributed by atoms with Gasteiger partial charge in [-0.15, -0.1) is 0 Å². The van der Waals surface area contributed by atoms with Crippen molar-refractivity contribution in [1.82, 2.24) is 4.90 Å². The summed E-state index contributed by atoms with van der Waals surface area (Å²) >= 11 is 0. The molecule has 0 aliphatic carbocycles. The fraction of sp³-hybridized carbons (Fsp3) is 0.235. The van der Waals surface area contributed by atoms with Gasteiger partial charge < -0.3 is 20.4 Å². The number of hydrogen-bond acceptors (Lipinski definition) is 5. The van der Waals surface area contributed by atoms with Gasteiger partial charge in [0.2, 0.25) is 0 Å². The van der Waals surface area contributed by atoms with Crippen molar-refractivity contribution in [2.24, 2.45) is 4.99 Å². The number of nitrogens with zero attached hydrogens (tertiary/aromatic N) is 2. The summed E-state index contributed by atoms with van der Waals surface area (Å²) in [6.45, 7) is 1.75. The van der Waals surface area contributed by atoms with E-state index >= 15 is 0 Å². The van der Waals surface area contributed by atoms with E-state index in [1.54, 1.807) is 6.07 Å². The average Bonchev–Trinajstić information content (AvgIpc) is 2.57. The molecule has 2 aliphatic heterocycles. The van der Waals surface area contributed by atoms with Crippen molar-refractivity contribution >= 4 is 11.5 Å². The van der Waals surface area contributed by atoms with Gasteiger partial charge in [0, 0.05) is 24.3 Å². The van der Waals surface area contributed by atoms with Crippen molar-refractivity contribution in [2.45, 2.75) is 12.6 Å². The van der Waals surface area contributed by atoms with E-state index in [2.05, 4.69) is 16.3 Å². The van der Waals surface area contributed by atoms with E-state index in [1.165, 1.54) is 6.07 Å². The van der Waals surface area contributed by atoms with Crippen LogP contribution < -0.4 is 5.32 Å². The van der Waals surface area contributed by atoms with Gasteiger partial charge in [0.1, 0.15) is 12.0 Å². The van der Waals surface area contributed by atoms with Crippen LogP contribution >= 0.6 is 0 Å². The van der Waals surface area contributed by atoms with E-state index in [9.17, 15) is 10.2 Å². The maximum atomic E-state index is 9.80. The first kappa shape index (κ1) is 13.0. The molecule has 22 heavy (non-hydrogen) atoms. The molecule has 1 unspecified atom stereocenters. The van der Waals surface area contributed by atoms with Crippen LogP contribution in [-0.2, 0) is 0 Å². The normalized spacial score (nSPS) is 19.7. The van der Waals surface area contributed by atoms with E-state index < -0.39 is 0 Å². The Morgan fingerprint density at radius 2 is 1.95 bits per heavy atom. The summed E-state index contributed by atoms with van der Waals surface area (Å²) in [7, 11) is 0. The zero-order valence-electron chi connectivity index (χ0n) is 12.0. The molecule has 0 aromatic heterocycles. The third kappa shape index (κ3) is 1.97. The van der Waals surface area contributed by atoms with E-state index in [4.69, 9.17) is 4.99 Å². The summed E-state index contributed by atoms with van der Waals surface area (Å²) in [6.07, 6.45) is 0.911. The lowest BCUT2D eigenvalue weighted by Crippen LogP contribution is -2.45. The molecule has 5 nitrogen and oxygen atoms in total. The summed E-state index contributed by atoms with van der Waals surface area (Å²) in [5.41, 5.74) is 3.05. The van der Waals surface area contributed by atoms with Gasteiger partial charge in [-0.3, -0.25) is 4.99 Å². The molecule has 112 valence electrons. The van der Waals surface area contributed by atoms with Crippen LogP contribution in [0.3, 0.4) is 0 Å². The smallest absolute Gasteiger partial charge is 0.157 e. The third-order valence-electron chi connectivity index (χ3n) is 4.18. The zero-order valence-corrected chi connectivity index (χ0v) is 12.0. The number of aromatic hydroxyl groups is 2. The molecule has 3 N–H and O–H groups in total. The molecule has 0 bridgehead atoms. The van der Waals surface area contributed by atoms with Crippen molar-refractivity contribution in [3.63, 3.8) is 0 Å². The van der Waals surface area contributed by atoms with Gasteiger partial charge in [0.25, 0.3) is 0 Å². The highest BCUT2D eigenvalue weighted by Crippen LogP contribution is 2.37. The summed E-state index contributed by atoms with van der Waals surface area (Å²) in [6, 6.07) is 13.1. The molecule has 2 aromatic carbocycles. The minimum absolute atomic E-state index is 0.0968. The summed E-state index contributed by atoms with van der Waals surface area (Å²) in [5.74, 6) is 0.791. The highest BCUT2D eigenvalue weighted by molar-refractivity contribution is 6.05. The van der Waals surface area contributed by atoms with Crippen LogP contribution in [0.15, 0.2) is 47.5 Å². The zero-order chi connectivity index (χ0) is 15.1. The number of para-hydroxylation sites is 1. The van der Waals surface area contributed by atoms with Crippen molar-refractivity contribution < 1.29 is 10.2 Å². The molecule has 4 rings (SSSR count). The predicted molar refractivity (Wildman–Crippen MR) is 85.3 cm³/mol. The van der Waals surface area contributed by atoms with Crippen molar-refractivity contribution in [3.05, 3.63) is 53.6 Å². The van der Waals surface area contributed by atoms with Gasteiger partial charge in [0.05, 0.1) is 0 Å². The topological polar surface area (TPSA) is 68.1 Å². The molecule has 2 aliphatic rings. The maximum absolute atomic E-state index is 9.80. The Balaban J connectivity index is 1.82. The first-order valence-electron chi connectivity index (χ1n) is 7.43. The number of benzene rings is 2. The first-order chi connectivity index (χ1) is 10.7. The second kappa shape index (κ2) is 4.94. The maximum Gasteiger partial charge on any atom is 0.157 e. The molecule has 0 saturated heterocycles. The first-order valence-corrected chi connectivity index (χ1v) is 7.43. The number of phenolic OH excluding ortho intramolecular Hbond substituents is 2. The summed E-state index contributed by atoms with van der Waals surface area (Å²) in [4.78, 5) is 6.92. The molecule has 0 radical (unpaired) electrons. The standard InChI is InChI=1S/C17H17N3O2/c21-14-7-6-11(10-15(14)22)16-19-13-5-2-1-4-12(13)17-18-8-3-9-20(16)17/h1-2,4-7,10,16,19,21-22H,3,8-9H2. The highest BCUT2D eigenvalue weighted by atomic mass is 16.3. The van der Waals surface area contributed by atoms with Crippen LogP contribution in [0.2, 0.25) is 0 Å². The predicted octanol–water partition coefficient (Wildman–Crippen LogP) is 2.67. The molecule has 5 heteroatoms. The Hall–Kier alpha value is -2.69. The van der Waals surface area contributed by atoms with Crippen LogP contribution in [0, 0.1) is 0 Å². The highest BCUT2D eigenvalue weighted by Gasteiger charge is 2.32. The molecule has 0 spiro atoms. The van der Waals surface area contributed by atoms with Crippen molar-refractivity contribution in [3.8, 4) is 11.5 Å². The number of hydrogen-bond donors (Lipinski definition) is 3. The van der Waals surface area contributed by atoms with Crippen molar-refractivity contribution in [1.29, 1.82) is 0 Å². The van der Waals surface area contributed by atoms with Crippen LogP contribution in [0.25, 0.3) is 0 Å². The van der Waals surface area contributed by atoms with E-state index in [0.29, 0.717) is 0 Å². The van der Waals surface area contributed by atoms with Gasteiger partial charge in [-0.1, -0.05) is 18.2 Å². The molecular formula is C17H17N3O2. The Bertz CT molecular complexity index is 757. The fourth-order valence-corrected chi connectivity index (χ4v) is 3.12. The number of anilines is 1. The Kier molecular flexibility index (Phi) is 2.92. The van der Waals surface area contributed by atoms with Crippen molar-refractivity contribution in [2.75, 3.05) is 18.4 Å². The Morgan fingerprint density at radius 1 is 1.09 bits per heavy atom. The lowest BCUT2D eigenvalue weighted by Gasteiger charge is -2.42. The molecule has 0 amide bonds. The van der Waals surface area contributed by atoms with Crippen LogP contribution in [0.5, 0.6) is 11.5 Å². The number of rotatable bonds is 1. The summed E-state index contributed by atoms with van der Waals surface area (Å²) in [5, 5.41) is 22.8. The summed E-state index contributed by atoms with van der Waals surface area (Å²) < 4.78 is 0. The molecule has 2 heterocycles. The fourth-order valence-electron chi connectivity index (χ4n) is 3.12. The van der Waals surface area contributed by atoms with Gasteiger partial charge in [0.15, 0.2) is 11.5 Å². The second-order valence-electron chi connectivity index (χ2n) is 5.59. The number of fused-ring (bicyclic) bond motifs is 3. The Labute approximate surface area is 128 Å². The van der Waals surface area contributed by atoms with E-state index in [0.717, 1.165) is 42.2 Å².